The summed E-state index contributed by atoms with van der Waals surface area (Å²) in [5.41, 5.74) is 2.22. The highest BCUT2D eigenvalue weighted by Gasteiger charge is 2.30. The smallest absolute Gasteiger partial charge is 0.282 e. The molecule has 0 unspecified atom stereocenters. The molecule has 8 nitrogen and oxygen atoms in total. The standard InChI is InChI=1S/C22H29N5O3/c1-24(2)18-10-8-17(9-11-18)21(26-14-12-25(3)13-15-26)16-23-22(28)19-6-4-5-7-20(19)27(29)30/h4-11,21H,12-16H2,1-3H3,(H,23,28)/p+2/t21-/m0/s1. The number of nitro groups is 1. The molecule has 3 rings (SSSR count). The molecule has 0 bridgehead atoms. The van der Waals surface area contributed by atoms with Gasteiger partial charge in [-0.15, -0.1) is 0 Å². The Kier molecular flexibility index (Phi) is 7.02. The third kappa shape index (κ3) is 5.14. The summed E-state index contributed by atoms with van der Waals surface area (Å²) in [5, 5.41) is 14.2. The zero-order valence-corrected chi connectivity index (χ0v) is 17.9. The van der Waals surface area contributed by atoms with Crippen LogP contribution in [-0.4, -0.2) is 64.7 Å². The normalized spacial score (nSPS) is 19.7. The van der Waals surface area contributed by atoms with E-state index in [2.05, 4.69) is 41.5 Å². The van der Waals surface area contributed by atoms with Crippen molar-refractivity contribution in [3.8, 4) is 0 Å². The Hall–Kier alpha value is -2.97. The van der Waals surface area contributed by atoms with E-state index in [1.54, 1.807) is 12.1 Å². The van der Waals surface area contributed by atoms with Crippen LogP contribution in [0.25, 0.3) is 0 Å². The minimum absolute atomic E-state index is 0.0982. The number of para-hydroxylation sites is 1. The van der Waals surface area contributed by atoms with E-state index in [0.29, 0.717) is 6.54 Å². The summed E-state index contributed by atoms with van der Waals surface area (Å²) in [6.45, 7) is 4.64. The summed E-state index contributed by atoms with van der Waals surface area (Å²) in [4.78, 5) is 28.5. The molecular formula is C22H31N5O3+2. The first kappa shape index (κ1) is 21.7. The first-order valence-corrected chi connectivity index (χ1v) is 10.3. The highest BCUT2D eigenvalue weighted by Crippen LogP contribution is 2.19. The number of benzene rings is 2. The van der Waals surface area contributed by atoms with Gasteiger partial charge >= 0.3 is 0 Å². The van der Waals surface area contributed by atoms with Crippen LogP contribution in [0.2, 0.25) is 0 Å². The minimum atomic E-state index is -0.513. The van der Waals surface area contributed by atoms with E-state index in [0.717, 1.165) is 37.4 Å². The molecule has 1 fully saturated rings. The lowest BCUT2D eigenvalue weighted by atomic mass is 10.0. The molecule has 0 saturated carbocycles. The fourth-order valence-corrected chi connectivity index (χ4v) is 3.96. The molecule has 8 heteroatoms. The van der Waals surface area contributed by atoms with Gasteiger partial charge in [0.1, 0.15) is 37.8 Å². The second kappa shape index (κ2) is 9.69. The van der Waals surface area contributed by atoms with Gasteiger partial charge in [-0.1, -0.05) is 24.3 Å². The Labute approximate surface area is 177 Å². The van der Waals surface area contributed by atoms with Crippen molar-refractivity contribution in [1.29, 1.82) is 0 Å². The Morgan fingerprint density at radius 2 is 1.73 bits per heavy atom. The van der Waals surface area contributed by atoms with E-state index in [-0.39, 0.29) is 17.3 Å². The number of likely N-dealkylation sites (N-methyl/N-ethyl adjacent to an activating group) is 1. The fraction of sp³-hybridized carbons (Fsp3) is 0.409. The molecule has 30 heavy (non-hydrogen) atoms. The van der Waals surface area contributed by atoms with Crippen LogP contribution in [0.15, 0.2) is 48.5 Å². The number of amides is 1. The van der Waals surface area contributed by atoms with Gasteiger partial charge in [0.2, 0.25) is 0 Å². The number of rotatable bonds is 7. The van der Waals surface area contributed by atoms with Gasteiger partial charge in [0.15, 0.2) is 0 Å². The molecule has 0 spiro atoms. The van der Waals surface area contributed by atoms with Crippen LogP contribution >= 0.6 is 0 Å². The molecule has 160 valence electrons. The minimum Gasteiger partial charge on any atom is -0.378 e. The average Bonchev–Trinajstić information content (AvgIpc) is 2.75. The lowest BCUT2D eigenvalue weighted by Gasteiger charge is -2.33. The molecule has 1 aliphatic heterocycles. The van der Waals surface area contributed by atoms with Crippen molar-refractivity contribution in [1.82, 2.24) is 5.32 Å². The number of nitrogens with zero attached hydrogens (tertiary/aromatic N) is 2. The molecule has 2 aromatic carbocycles. The average molecular weight is 414 g/mol. The van der Waals surface area contributed by atoms with Crippen LogP contribution in [0.3, 0.4) is 0 Å². The van der Waals surface area contributed by atoms with Crippen molar-refractivity contribution in [2.45, 2.75) is 6.04 Å². The molecule has 1 aliphatic rings. The van der Waals surface area contributed by atoms with E-state index in [1.807, 2.05) is 14.1 Å². The monoisotopic (exact) mass is 413 g/mol. The Bertz CT molecular complexity index is 877. The van der Waals surface area contributed by atoms with Crippen molar-refractivity contribution < 1.29 is 19.5 Å². The predicted molar refractivity (Wildman–Crippen MR) is 116 cm³/mol. The Morgan fingerprint density at radius 1 is 1.10 bits per heavy atom. The summed E-state index contributed by atoms with van der Waals surface area (Å²) in [7, 11) is 6.22. The van der Waals surface area contributed by atoms with Crippen LogP contribution in [-0.2, 0) is 0 Å². The van der Waals surface area contributed by atoms with Crippen molar-refractivity contribution in [2.75, 3.05) is 58.8 Å². The quantitative estimate of drug-likeness (QED) is 0.424. The number of nitrogens with one attached hydrogen (secondary N) is 3. The number of anilines is 1. The van der Waals surface area contributed by atoms with Gasteiger partial charge in [0.05, 0.1) is 18.5 Å². The third-order valence-corrected chi connectivity index (χ3v) is 5.86. The van der Waals surface area contributed by atoms with Crippen molar-refractivity contribution in [3.05, 3.63) is 69.8 Å². The number of piperazine rings is 1. The van der Waals surface area contributed by atoms with E-state index >= 15 is 0 Å². The number of nitro benzene ring substituents is 1. The molecule has 0 aliphatic carbocycles. The topological polar surface area (TPSA) is 84.4 Å². The number of hydrogen-bond donors (Lipinski definition) is 3. The van der Waals surface area contributed by atoms with Gasteiger partial charge in [-0.25, -0.2) is 0 Å². The summed E-state index contributed by atoms with van der Waals surface area (Å²) in [5.74, 6) is -0.406. The maximum Gasteiger partial charge on any atom is 0.282 e. The maximum absolute atomic E-state index is 12.7. The molecule has 1 atom stereocenters. The summed E-state index contributed by atoms with van der Waals surface area (Å²) in [6, 6.07) is 14.6. The van der Waals surface area contributed by atoms with Crippen LogP contribution in [0.5, 0.6) is 0 Å². The van der Waals surface area contributed by atoms with Gasteiger partial charge in [-0.2, -0.15) is 0 Å². The van der Waals surface area contributed by atoms with Crippen molar-refractivity contribution >= 4 is 17.3 Å². The lowest BCUT2D eigenvalue weighted by Crippen LogP contribution is -3.27. The molecule has 1 amide bonds. The second-order valence-electron chi connectivity index (χ2n) is 8.14. The largest absolute Gasteiger partial charge is 0.378 e. The van der Waals surface area contributed by atoms with Crippen LogP contribution in [0, 0.1) is 10.1 Å². The number of quaternary nitrogens is 2. The number of hydrogen-bond acceptors (Lipinski definition) is 4. The molecule has 3 N–H and O–H groups in total. The van der Waals surface area contributed by atoms with Gasteiger partial charge in [-0.3, -0.25) is 14.9 Å². The van der Waals surface area contributed by atoms with Crippen LogP contribution < -0.4 is 20.0 Å². The molecule has 0 radical (unpaired) electrons. The number of carbonyl (C=O) groups is 1. The zero-order valence-electron chi connectivity index (χ0n) is 17.9. The summed E-state index contributed by atoms with van der Waals surface area (Å²) >= 11 is 0. The van der Waals surface area contributed by atoms with Crippen molar-refractivity contribution in [3.63, 3.8) is 0 Å². The summed E-state index contributed by atoms with van der Waals surface area (Å²) < 4.78 is 0. The van der Waals surface area contributed by atoms with Gasteiger partial charge in [-0.05, 0) is 18.2 Å². The third-order valence-electron chi connectivity index (χ3n) is 5.86. The van der Waals surface area contributed by atoms with Crippen molar-refractivity contribution in [2.24, 2.45) is 0 Å². The summed E-state index contributed by atoms with van der Waals surface area (Å²) in [6.07, 6.45) is 0. The van der Waals surface area contributed by atoms with Gasteiger partial charge in [0.25, 0.3) is 11.6 Å². The highest BCUT2D eigenvalue weighted by atomic mass is 16.6. The van der Waals surface area contributed by atoms with E-state index in [1.165, 1.54) is 21.9 Å². The fourth-order valence-electron chi connectivity index (χ4n) is 3.96. The molecular weight excluding hydrogens is 382 g/mol. The second-order valence-corrected chi connectivity index (χ2v) is 8.14. The highest BCUT2D eigenvalue weighted by molar-refractivity contribution is 5.98. The lowest BCUT2D eigenvalue weighted by molar-refractivity contribution is -1.02. The van der Waals surface area contributed by atoms with Crippen LogP contribution in [0.1, 0.15) is 22.0 Å². The predicted octanol–water partition coefficient (Wildman–Crippen LogP) is -0.455. The van der Waals surface area contributed by atoms with E-state index in [9.17, 15) is 14.9 Å². The molecule has 1 saturated heterocycles. The Morgan fingerprint density at radius 3 is 2.33 bits per heavy atom. The number of carbonyl (C=O) groups excluding carboxylic acids is 1. The molecule has 2 aromatic rings. The first-order chi connectivity index (χ1) is 14.4. The first-order valence-electron chi connectivity index (χ1n) is 10.3. The molecule has 0 aromatic heterocycles. The van der Waals surface area contributed by atoms with E-state index in [4.69, 9.17) is 0 Å². The van der Waals surface area contributed by atoms with Gasteiger partial charge in [0, 0.05) is 31.4 Å². The Balaban J connectivity index is 1.79. The molecule has 1 heterocycles. The SMILES string of the molecule is CN(C)c1ccc([C@H](CNC(=O)c2ccccc2[N+](=O)[O-])[NH+]2CC[NH+](C)CC2)cc1. The van der Waals surface area contributed by atoms with Gasteiger partial charge < -0.3 is 20.0 Å². The zero-order chi connectivity index (χ0) is 21.7. The van der Waals surface area contributed by atoms with Crippen LogP contribution in [0.4, 0.5) is 11.4 Å². The van der Waals surface area contributed by atoms with E-state index < -0.39 is 10.8 Å². The maximum atomic E-state index is 12.7.